The molecule has 142 valence electrons. The Morgan fingerprint density at radius 2 is 1.86 bits per heavy atom. The van der Waals surface area contributed by atoms with E-state index in [-0.39, 0.29) is 6.42 Å². The number of carbonyl (C=O) groups is 1. The van der Waals surface area contributed by atoms with E-state index < -0.39 is 5.97 Å². The fourth-order valence-corrected chi connectivity index (χ4v) is 3.40. The molecule has 0 aliphatic heterocycles. The Morgan fingerprint density at radius 1 is 1.14 bits per heavy atom. The van der Waals surface area contributed by atoms with E-state index in [4.69, 9.17) is 10.1 Å². The fourth-order valence-electron chi connectivity index (χ4n) is 2.67. The van der Waals surface area contributed by atoms with Crippen LogP contribution in [0.25, 0.3) is 5.70 Å². The van der Waals surface area contributed by atoms with Crippen molar-refractivity contribution in [3.8, 4) is 0 Å². The molecule has 0 spiro atoms. The van der Waals surface area contributed by atoms with Gasteiger partial charge in [0, 0.05) is 16.8 Å². The first kappa shape index (κ1) is 19.5. The van der Waals surface area contributed by atoms with Gasteiger partial charge in [-0.2, -0.15) is 0 Å². The first-order chi connectivity index (χ1) is 13.5. The van der Waals surface area contributed by atoms with Crippen molar-refractivity contribution < 1.29 is 9.90 Å². The zero-order chi connectivity index (χ0) is 19.9. The molecule has 0 atom stereocenters. The smallest absolute Gasteiger partial charge is 0.309 e. The molecule has 1 aromatic heterocycles. The number of rotatable bonds is 7. The molecule has 2 N–H and O–H groups in total. The molecule has 2 aromatic carbocycles. The number of hydrogen-bond donors (Lipinski definition) is 2. The number of carboxylic acids is 1. The van der Waals surface area contributed by atoms with Gasteiger partial charge in [-0.05, 0) is 37.1 Å². The Bertz CT molecular complexity index is 1010. The number of aliphatic imine (C=N–C) groups is 1. The lowest BCUT2D eigenvalue weighted by Gasteiger charge is -2.07. The van der Waals surface area contributed by atoms with E-state index in [1.54, 1.807) is 5.38 Å². The lowest BCUT2D eigenvalue weighted by atomic mass is 10.1. The molecule has 5 nitrogen and oxygen atoms in total. The Morgan fingerprint density at radius 3 is 2.50 bits per heavy atom. The average Bonchev–Trinajstić information content (AvgIpc) is 3.13. The van der Waals surface area contributed by atoms with Gasteiger partial charge in [-0.15, -0.1) is 11.3 Å². The van der Waals surface area contributed by atoms with Crippen LogP contribution in [-0.4, -0.2) is 21.8 Å². The normalized spacial score (nSPS) is 12.1. The molecular weight excluding hydrogens is 370 g/mol. The van der Waals surface area contributed by atoms with Crippen LogP contribution in [0.15, 0.2) is 71.0 Å². The Balaban J connectivity index is 1.72. The third-order valence-corrected chi connectivity index (χ3v) is 4.88. The van der Waals surface area contributed by atoms with Crippen LogP contribution in [0.5, 0.6) is 0 Å². The Labute approximate surface area is 168 Å². The number of anilines is 2. The van der Waals surface area contributed by atoms with E-state index in [1.807, 2.05) is 74.5 Å². The highest BCUT2D eigenvalue weighted by Crippen LogP contribution is 2.24. The van der Waals surface area contributed by atoms with Crippen molar-refractivity contribution in [1.82, 2.24) is 4.98 Å². The molecule has 0 amide bonds. The van der Waals surface area contributed by atoms with Crippen LogP contribution in [0.3, 0.4) is 0 Å². The predicted molar refractivity (Wildman–Crippen MR) is 115 cm³/mol. The molecule has 0 saturated carbocycles. The van der Waals surface area contributed by atoms with Crippen LogP contribution in [0.4, 0.5) is 10.8 Å². The lowest BCUT2D eigenvalue weighted by molar-refractivity contribution is -0.136. The maximum absolute atomic E-state index is 10.8. The first-order valence-corrected chi connectivity index (χ1v) is 9.74. The van der Waals surface area contributed by atoms with Crippen LogP contribution < -0.4 is 5.32 Å². The van der Waals surface area contributed by atoms with Crippen LogP contribution in [-0.2, 0) is 11.2 Å². The van der Waals surface area contributed by atoms with Crippen LogP contribution in [0.1, 0.15) is 30.7 Å². The minimum atomic E-state index is -0.883. The van der Waals surface area contributed by atoms with Crippen molar-refractivity contribution in [2.45, 2.75) is 20.3 Å². The highest BCUT2D eigenvalue weighted by atomic mass is 32.1. The number of hydrogen-bond acceptors (Lipinski definition) is 5. The maximum Gasteiger partial charge on any atom is 0.309 e. The SMILES string of the molecule is C/C=C(\N=C(/C)c1ccccc1)c1ccc(Nc2nc(CC(=O)O)cs2)cc1. The summed E-state index contributed by atoms with van der Waals surface area (Å²) in [6.07, 6.45) is 1.93. The number of aliphatic carboxylic acids is 1. The van der Waals surface area contributed by atoms with E-state index in [1.165, 1.54) is 11.3 Å². The molecule has 0 saturated heterocycles. The molecule has 0 fully saturated rings. The molecule has 0 radical (unpaired) electrons. The van der Waals surface area contributed by atoms with E-state index in [2.05, 4.69) is 10.3 Å². The highest BCUT2D eigenvalue weighted by molar-refractivity contribution is 7.13. The topological polar surface area (TPSA) is 74.6 Å². The van der Waals surface area contributed by atoms with E-state index in [9.17, 15) is 4.79 Å². The summed E-state index contributed by atoms with van der Waals surface area (Å²) in [5.41, 5.74) is 5.43. The third kappa shape index (κ3) is 5.14. The highest BCUT2D eigenvalue weighted by Gasteiger charge is 2.07. The summed E-state index contributed by atoms with van der Waals surface area (Å²) in [6.45, 7) is 3.98. The van der Waals surface area contributed by atoms with Crippen molar-refractivity contribution in [1.29, 1.82) is 0 Å². The summed E-state index contributed by atoms with van der Waals surface area (Å²) in [5.74, 6) is -0.883. The Kier molecular flexibility index (Phi) is 6.34. The van der Waals surface area contributed by atoms with Crippen molar-refractivity contribution in [3.05, 3.63) is 82.9 Å². The molecular formula is C22H21N3O2S. The van der Waals surface area contributed by atoms with Crippen molar-refractivity contribution in [2.75, 3.05) is 5.32 Å². The molecule has 3 rings (SSSR count). The second-order valence-electron chi connectivity index (χ2n) is 6.15. The number of thiazole rings is 1. The number of nitrogens with zero attached hydrogens (tertiary/aromatic N) is 2. The van der Waals surface area contributed by atoms with E-state index in [0.29, 0.717) is 10.8 Å². The van der Waals surface area contributed by atoms with Gasteiger partial charge in [0.05, 0.1) is 17.8 Å². The largest absolute Gasteiger partial charge is 0.481 e. The Hall–Kier alpha value is -3.25. The van der Waals surface area contributed by atoms with Gasteiger partial charge in [0.25, 0.3) is 0 Å². The van der Waals surface area contributed by atoms with Gasteiger partial charge in [0.1, 0.15) is 0 Å². The average molecular weight is 391 g/mol. The second-order valence-corrected chi connectivity index (χ2v) is 7.01. The van der Waals surface area contributed by atoms with Gasteiger partial charge in [0.15, 0.2) is 5.13 Å². The van der Waals surface area contributed by atoms with Gasteiger partial charge >= 0.3 is 5.97 Å². The minimum Gasteiger partial charge on any atom is -0.481 e. The second kappa shape index (κ2) is 9.10. The molecule has 0 aliphatic carbocycles. The van der Waals surface area contributed by atoms with Gasteiger partial charge < -0.3 is 10.4 Å². The van der Waals surface area contributed by atoms with Crippen LogP contribution in [0.2, 0.25) is 0 Å². The van der Waals surface area contributed by atoms with Crippen molar-refractivity contribution in [2.24, 2.45) is 4.99 Å². The quantitative estimate of drug-likeness (QED) is 0.530. The standard InChI is InChI=1S/C22H21N3O2S/c1-3-20(23-15(2)16-7-5-4-6-8-16)17-9-11-18(12-10-17)24-22-25-19(14-28-22)13-21(26)27/h3-12,14H,13H2,1-2H3,(H,24,25)(H,26,27)/b20-3-,23-15+. The van der Waals surface area contributed by atoms with Gasteiger partial charge in [-0.3, -0.25) is 9.79 Å². The molecule has 1 heterocycles. The molecule has 0 bridgehead atoms. The summed E-state index contributed by atoms with van der Waals surface area (Å²) in [6, 6.07) is 18.0. The van der Waals surface area contributed by atoms with Crippen molar-refractivity contribution in [3.63, 3.8) is 0 Å². The number of aromatic nitrogens is 1. The van der Waals surface area contributed by atoms with Gasteiger partial charge in [0.2, 0.25) is 0 Å². The third-order valence-electron chi connectivity index (χ3n) is 4.07. The predicted octanol–water partition coefficient (Wildman–Crippen LogP) is 5.38. The monoisotopic (exact) mass is 391 g/mol. The summed E-state index contributed by atoms with van der Waals surface area (Å²) >= 11 is 1.39. The molecule has 3 aromatic rings. The van der Waals surface area contributed by atoms with Gasteiger partial charge in [-0.1, -0.05) is 48.5 Å². The van der Waals surface area contributed by atoms with E-state index >= 15 is 0 Å². The maximum atomic E-state index is 10.8. The number of carboxylic acid groups (broad SMARTS) is 1. The zero-order valence-electron chi connectivity index (χ0n) is 15.7. The number of allylic oxidation sites excluding steroid dienone is 1. The minimum absolute atomic E-state index is 0.0689. The molecule has 28 heavy (non-hydrogen) atoms. The molecule has 0 unspecified atom stereocenters. The first-order valence-electron chi connectivity index (χ1n) is 8.86. The summed E-state index contributed by atoms with van der Waals surface area (Å²) < 4.78 is 0. The molecule has 6 heteroatoms. The summed E-state index contributed by atoms with van der Waals surface area (Å²) in [5, 5.41) is 14.5. The summed E-state index contributed by atoms with van der Waals surface area (Å²) in [4.78, 5) is 19.8. The fraction of sp³-hybridized carbons (Fsp3) is 0.136. The molecule has 0 aliphatic rings. The van der Waals surface area contributed by atoms with Gasteiger partial charge in [-0.25, -0.2) is 4.98 Å². The summed E-state index contributed by atoms with van der Waals surface area (Å²) in [7, 11) is 0. The van der Waals surface area contributed by atoms with E-state index in [0.717, 1.165) is 28.2 Å². The number of benzene rings is 2. The number of nitrogens with one attached hydrogen (secondary N) is 1. The zero-order valence-corrected chi connectivity index (χ0v) is 16.5. The van der Waals surface area contributed by atoms with Crippen LogP contribution in [0, 0.1) is 0 Å². The lowest BCUT2D eigenvalue weighted by Crippen LogP contribution is -2.00. The van der Waals surface area contributed by atoms with Crippen LogP contribution >= 0.6 is 11.3 Å². The van der Waals surface area contributed by atoms with Crippen molar-refractivity contribution >= 4 is 39.5 Å².